The maximum absolute atomic E-state index is 14.3. The lowest BCUT2D eigenvalue weighted by Crippen LogP contribution is -2.62. The third kappa shape index (κ3) is 8.70. The molecule has 0 radical (unpaired) electrons. The van der Waals surface area contributed by atoms with Crippen molar-refractivity contribution in [1.29, 1.82) is 0 Å². The number of hydrogen-bond donors (Lipinski definition) is 4. The fourth-order valence-electron chi connectivity index (χ4n) is 12.6. The van der Waals surface area contributed by atoms with E-state index in [-0.39, 0.29) is 42.5 Å². The molecule has 6 unspecified atom stereocenters. The van der Waals surface area contributed by atoms with Crippen LogP contribution in [-0.2, 0) is 14.4 Å². The number of hydroxylamine groups is 2. The number of fused-ring (bicyclic) bond motifs is 2. The van der Waals surface area contributed by atoms with E-state index in [1.165, 1.54) is 77.0 Å². The van der Waals surface area contributed by atoms with Crippen LogP contribution >= 0.6 is 0 Å². The Hall–Kier alpha value is -0.810. The van der Waals surface area contributed by atoms with Gasteiger partial charge in [-0.15, -0.1) is 0 Å². The summed E-state index contributed by atoms with van der Waals surface area (Å²) in [4.78, 5) is 23.4. The normalized spacial score (nSPS) is 42.4. The quantitative estimate of drug-likeness (QED) is 0.176. The summed E-state index contributed by atoms with van der Waals surface area (Å²) in [6, 6.07) is 0.198. The maximum atomic E-state index is 14.3. The van der Waals surface area contributed by atoms with Crippen molar-refractivity contribution in [3.05, 3.63) is 0 Å². The highest BCUT2D eigenvalue weighted by Crippen LogP contribution is 2.61. The van der Waals surface area contributed by atoms with Gasteiger partial charge in [0.05, 0.1) is 18.3 Å². The zero-order valence-corrected chi connectivity index (χ0v) is 33.5. The standard InChI is InChI=1S/C42H77N5O4/c1-26-35-21-32(42(35,3)4)22-36(26)45-41(49)39-38(27(2)48)37(23-43)51-47(39)25-30-14-11-15-34(40(30)50-7)31-18-29(19-33(20-31)46(5)6)24-44-17-16-28-12-9-8-10-13-28/h26-40,44,48H,8-25,43H2,1-7H3,(H,45,49)/t26-,27-,29?,30?,31?,32+,33?,34?,35-,36-,37-,38+,39-,40?/m0/s1. The van der Waals surface area contributed by atoms with Gasteiger partial charge in [-0.2, -0.15) is 5.06 Å². The first-order valence-electron chi connectivity index (χ1n) is 21.4. The summed E-state index contributed by atoms with van der Waals surface area (Å²) >= 11 is 0. The first-order chi connectivity index (χ1) is 24.4. The Morgan fingerprint density at radius 3 is 2.45 bits per heavy atom. The van der Waals surface area contributed by atoms with Crippen LogP contribution in [0.3, 0.4) is 0 Å². The van der Waals surface area contributed by atoms with Crippen LogP contribution in [0.25, 0.3) is 0 Å². The summed E-state index contributed by atoms with van der Waals surface area (Å²) in [7, 11) is 6.43. The molecule has 1 heterocycles. The maximum Gasteiger partial charge on any atom is 0.240 e. The summed E-state index contributed by atoms with van der Waals surface area (Å²) in [5.74, 6) is 4.35. The predicted octanol–water partition coefficient (Wildman–Crippen LogP) is 5.45. The van der Waals surface area contributed by atoms with Gasteiger partial charge in [-0.05, 0) is 132 Å². The van der Waals surface area contributed by atoms with Crippen LogP contribution in [0, 0.1) is 58.7 Å². The SMILES string of the molecule is COC1C(CN2O[C@@H](CN)[C@@H]([C@H](C)O)[C@H]2C(=O)N[C@H]2C[C@H]3C[C@@H]([C@@H]2C)C3(C)C)CCCC1C1CC(CNCCC2CCCCC2)CC(N(C)C)C1. The Morgan fingerprint density at radius 2 is 1.80 bits per heavy atom. The van der Waals surface area contributed by atoms with Crippen LogP contribution in [0.4, 0.5) is 0 Å². The van der Waals surface area contributed by atoms with Gasteiger partial charge in [0, 0.05) is 44.1 Å². The van der Waals surface area contributed by atoms with Gasteiger partial charge in [0.25, 0.3) is 0 Å². The average Bonchev–Trinajstić information content (AvgIpc) is 3.49. The highest BCUT2D eigenvalue weighted by molar-refractivity contribution is 5.82. The van der Waals surface area contributed by atoms with E-state index >= 15 is 0 Å². The second kappa shape index (κ2) is 17.3. The number of nitrogens with two attached hydrogens (primary N) is 1. The molecule has 0 aromatic heterocycles. The van der Waals surface area contributed by atoms with Gasteiger partial charge < -0.3 is 31.1 Å². The lowest BCUT2D eigenvalue weighted by atomic mass is 9.45. The molecule has 0 aromatic carbocycles. The van der Waals surface area contributed by atoms with Gasteiger partial charge in [-0.3, -0.25) is 9.63 Å². The minimum absolute atomic E-state index is 0.00549. The number of carbonyl (C=O) groups excluding carboxylic acids is 1. The number of carbonyl (C=O) groups is 1. The number of aliphatic hydroxyl groups is 1. The minimum Gasteiger partial charge on any atom is -0.393 e. The number of aliphatic hydroxyl groups excluding tert-OH is 1. The number of amides is 1. The predicted molar refractivity (Wildman–Crippen MR) is 205 cm³/mol. The number of hydrogen-bond acceptors (Lipinski definition) is 8. The number of rotatable bonds is 14. The van der Waals surface area contributed by atoms with Gasteiger partial charge in [0.2, 0.25) is 5.91 Å². The zero-order valence-electron chi connectivity index (χ0n) is 33.5. The van der Waals surface area contributed by atoms with Crippen LogP contribution in [0.1, 0.15) is 118 Å². The molecule has 7 fully saturated rings. The van der Waals surface area contributed by atoms with Crippen LogP contribution in [-0.4, -0.2) is 105 Å². The summed E-state index contributed by atoms with van der Waals surface area (Å²) in [6.07, 6.45) is 17.0. The second-order valence-electron chi connectivity index (χ2n) is 19.3. The number of nitrogens with one attached hydrogen (secondary N) is 2. The smallest absolute Gasteiger partial charge is 0.240 e. The Balaban J connectivity index is 1.11. The largest absolute Gasteiger partial charge is 0.393 e. The van der Waals surface area contributed by atoms with Crippen molar-refractivity contribution in [3.63, 3.8) is 0 Å². The fourth-order valence-corrected chi connectivity index (χ4v) is 12.6. The van der Waals surface area contributed by atoms with Crippen molar-refractivity contribution in [1.82, 2.24) is 20.6 Å². The van der Waals surface area contributed by atoms with E-state index < -0.39 is 12.1 Å². The van der Waals surface area contributed by atoms with E-state index in [0.29, 0.717) is 53.5 Å². The molecule has 7 rings (SSSR count). The van der Waals surface area contributed by atoms with Crippen LogP contribution in [0.2, 0.25) is 0 Å². The van der Waals surface area contributed by atoms with Crippen LogP contribution in [0.15, 0.2) is 0 Å². The van der Waals surface area contributed by atoms with Gasteiger partial charge in [-0.25, -0.2) is 0 Å². The molecule has 0 spiro atoms. The first-order valence-corrected chi connectivity index (χ1v) is 21.4. The molecule has 2 bridgehead atoms. The number of nitrogens with zero attached hydrogens (tertiary/aromatic N) is 2. The molecule has 0 aromatic rings. The van der Waals surface area contributed by atoms with E-state index in [0.717, 1.165) is 31.8 Å². The molecule has 6 aliphatic carbocycles. The minimum atomic E-state index is -0.703. The molecular weight excluding hydrogens is 638 g/mol. The molecule has 1 aliphatic heterocycles. The van der Waals surface area contributed by atoms with E-state index in [1.807, 2.05) is 12.2 Å². The van der Waals surface area contributed by atoms with E-state index in [9.17, 15) is 9.90 Å². The molecule has 6 saturated carbocycles. The lowest BCUT2D eigenvalue weighted by Gasteiger charge is -2.62. The Bertz CT molecular complexity index is 1110. The molecule has 1 saturated heterocycles. The average molecular weight is 716 g/mol. The zero-order chi connectivity index (χ0) is 36.4. The van der Waals surface area contributed by atoms with Crippen molar-refractivity contribution in [2.75, 3.05) is 47.4 Å². The van der Waals surface area contributed by atoms with Crippen molar-refractivity contribution in [3.8, 4) is 0 Å². The topological polar surface area (TPSA) is 112 Å². The molecular formula is C42H77N5O4. The number of methoxy groups -OCH3 is 1. The molecule has 9 heteroatoms. The number of ether oxygens (including phenoxy) is 1. The summed E-state index contributed by atoms with van der Waals surface area (Å²) < 4.78 is 6.49. The third-order valence-corrected chi connectivity index (χ3v) is 15.8. The van der Waals surface area contributed by atoms with Crippen LogP contribution in [0.5, 0.6) is 0 Å². The molecule has 14 atom stereocenters. The second-order valence-corrected chi connectivity index (χ2v) is 19.3. The fraction of sp³-hybridized carbons (Fsp3) is 0.976. The molecule has 9 nitrogen and oxygen atoms in total. The monoisotopic (exact) mass is 716 g/mol. The summed E-state index contributed by atoms with van der Waals surface area (Å²) in [5.41, 5.74) is 6.62. The van der Waals surface area contributed by atoms with Gasteiger partial charge in [-0.1, -0.05) is 59.3 Å². The molecule has 51 heavy (non-hydrogen) atoms. The lowest BCUT2D eigenvalue weighted by molar-refractivity contribution is -0.186. The van der Waals surface area contributed by atoms with E-state index in [4.69, 9.17) is 15.3 Å². The van der Waals surface area contributed by atoms with Crippen LogP contribution < -0.4 is 16.4 Å². The molecule has 7 aliphatic rings. The van der Waals surface area contributed by atoms with Gasteiger partial charge in [0.1, 0.15) is 6.04 Å². The first kappa shape index (κ1) is 39.9. The highest BCUT2D eigenvalue weighted by Gasteiger charge is 2.57. The molecule has 1 amide bonds. The van der Waals surface area contributed by atoms with E-state index in [1.54, 1.807) is 6.92 Å². The highest BCUT2D eigenvalue weighted by atomic mass is 16.7. The third-order valence-electron chi connectivity index (χ3n) is 15.8. The van der Waals surface area contributed by atoms with Gasteiger partial charge in [0.15, 0.2) is 0 Å². The Labute approximate surface area is 311 Å². The van der Waals surface area contributed by atoms with Crippen molar-refractivity contribution < 1.29 is 19.5 Å². The summed E-state index contributed by atoms with van der Waals surface area (Å²) in [5, 5.41) is 20.4. The van der Waals surface area contributed by atoms with Crippen molar-refractivity contribution >= 4 is 5.91 Å². The Morgan fingerprint density at radius 1 is 1.04 bits per heavy atom. The molecule has 294 valence electrons. The Kier molecular flexibility index (Phi) is 13.5. The van der Waals surface area contributed by atoms with Crippen molar-refractivity contribution in [2.24, 2.45) is 64.4 Å². The summed E-state index contributed by atoms with van der Waals surface area (Å²) in [6.45, 7) is 12.1. The van der Waals surface area contributed by atoms with E-state index in [2.05, 4.69) is 50.4 Å². The van der Waals surface area contributed by atoms with Crippen molar-refractivity contribution in [2.45, 2.75) is 154 Å². The molecule has 5 N–H and O–H groups in total. The van der Waals surface area contributed by atoms with Gasteiger partial charge >= 0.3 is 0 Å².